The fourth-order valence-electron chi connectivity index (χ4n) is 7.59. The first kappa shape index (κ1) is 22.3. The van der Waals surface area contributed by atoms with Crippen LogP contribution < -0.4 is 0 Å². The highest BCUT2D eigenvalue weighted by Crippen LogP contribution is 2.62. The summed E-state index contributed by atoms with van der Waals surface area (Å²) in [6, 6.07) is 0. The van der Waals surface area contributed by atoms with E-state index in [0.717, 1.165) is 19.3 Å². The molecule has 0 unspecified atom stereocenters. The molecule has 0 aromatic heterocycles. The van der Waals surface area contributed by atoms with Crippen LogP contribution in [0.15, 0.2) is 22.8 Å². The lowest BCUT2D eigenvalue weighted by molar-refractivity contribution is -0.114. The zero-order valence-corrected chi connectivity index (χ0v) is 19.6. The highest BCUT2D eigenvalue weighted by atomic mass is 16.3. The summed E-state index contributed by atoms with van der Waals surface area (Å²) in [6.45, 7) is 4.68. The van der Waals surface area contributed by atoms with Gasteiger partial charge in [0, 0.05) is 6.42 Å². The summed E-state index contributed by atoms with van der Waals surface area (Å²) >= 11 is 0. The molecule has 2 fully saturated rings. The van der Waals surface area contributed by atoms with E-state index in [1.807, 2.05) is 6.08 Å². The van der Waals surface area contributed by atoms with Crippen molar-refractivity contribution in [2.45, 2.75) is 123 Å². The van der Waals surface area contributed by atoms with E-state index in [1.165, 1.54) is 82.6 Å². The average Bonchev–Trinajstić information content (AvgIpc) is 3.03. The van der Waals surface area contributed by atoms with Crippen molar-refractivity contribution in [1.29, 1.82) is 0 Å². The molecule has 0 spiro atoms. The predicted molar refractivity (Wildman–Crippen MR) is 124 cm³/mol. The van der Waals surface area contributed by atoms with E-state index in [1.54, 1.807) is 11.1 Å². The Bertz CT molecular complexity index is 687. The van der Waals surface area contributed by atoms with Gasteiger partial charge in [-0.25, -0.2) is 0 Å². The molecule has 30 heavy (non-hydrogen) atoms. The molecule has 0 bridgehead atoms. The molecule has 2 nitrogen and oxygen atoms in total. The summed E-state index contributed by atoms with van der Waals surface area (Å²) in [6.07, 6.45) is 21.5. The summed E-state index contributed by atoms with van der Waals surface area (Å²) in [4.78, 5) is 12.0. The summed E-state index contributed by atoms with van der Waals surface area (Å²) in [7, 11) is 0. The van der Waals surface area contributed by atoms with E-state index in [4.69, 9.17) is 0 Å². The van der Waals surface area contributed by atoms with Crippen LogP contribution in [0.4, 0.5) is 0 Å². The summed E-state index contributed by atoms with van der Waals surface area (Å²) in [5.74, 6) is 2.30. The molecule has 4 rings (SSSR count). The van der Waals surface area contributed by atoms with Crippen molar-refractivity contribution in [2.75, 3.05) is 0 Å². The molecule has 2 heteroatoms. The van der Waals surface area contributed by atoms with Crippen molar-refractivity contribution in [3.63, 3.8) is 0 Å². The normalized spacial score (nSPS) is 35.7. The van der Waals surface area contributed by atoms with Crippen LogP contribution in [-0.2, 0) is 4.79 Å². The number of rotatable bonds is 9. The van der Waals surface area contributed by atoms with E-state index < -0.39 is 0 Å². The second kappa shape index (κ2) is 9.72. The lowest BCUT2D eigenvalue weighted by Gasteiger charge is -2.52. The van der Waals surface area contributed by atoms with Crippen LogP contribution in [0.1, 0.15) is 117 Å². The Morgan fingerprint density at radius 2 is 1.70 bits per heavy atom. The van der Waals surface area contributed by atoms with Gasteiger partial charge in [0.05, 0.1) is 6.10 Å². The van der Waals surface area contributed by atoms with Crippen LogP contribution in [0.5, 0.6) is 0 Å². The van der Waals surface area contributed by atoms with E-state index >= 15 is 0 Å². The number of hydrogen-bond donors (Lipinski definition) is 1. The third-order valence-electron chi connectivity index (χ3n) is 9.19. The van der Waals surface area contributed by atoms with Gasteiger partial charge in [0.2, 0.25) is 0 Å². The topological polar surface area (TPSA) is 37.3 Å². The highest BCUT2D eigenvalue weighted by molar-refractivity contribution is 5.93. The number of allylic oxidation sites excluding steroid dienone is 4. The fraction of sp³-hybridized carbons (Fsp3) is 0.821. The Kier molecular flexibility index (Phi) is 7.23. The van der Waals surface area contributed by atoms with Gasteiger partial charge in [0.1, 0.15) is 0 Å². The molecule has 0 radical (unpaired) electrons. The van der Waals surface area contributed by atoms with Gasteiger partial charge in [0.15, 0.2) is 5.78 Å². The number of carbonyl (C=O) groups is 1. The third-order valence-corrected chi connectivity index (χ3v) is 9.19. The Balaban J connectivity index is 1.46. The largest absolute Gasteiger partial charge is 0.393 e. The molecule has 168 valence electrons. The Morgan fingerprint density at radius 1 is 0.967 bits per heavy atom. The molecule has 1 N–H and O–H groups in total. The molecule has 5 atom stereocenters. The molecular formula is C28H44O2. The van der Waals surface area contributed by atoms with Gasteiger partial charge in [0.25, 0.3) is 0 Å². The lowest BCUT2D eigenvalue weighted by Crippen LogP contribution is -2.45. The van der Waals surface area contributed by atoms with Gasteiger partial charge in [-0.1, -0.05) is 70.8 Å². The van der Waals surface area contributed by atoms with Gasteiger partial charge in [-0.05, 0) is 85.3 Å². The number of unbranched alkanes of at least 4 members (excludes halogenated alkanes) is 7. The summed E-state index contributed by atoms with van der Waals surface area (Å²) in [5.41, 5.74) is 4.82. The van der Waals surface area contributed by atoms with Gasteiger partial charge >= 0.3 is 0 Å². The first-order chi connectivity index (χ1) is 14.5. The Morgan fingerprint density at radius 3 is 2.47 bits per heavy atom. The molecule has 0 saturated heterocycles. The van der Waals surface area contributed by atoms with Crippen molar-refractivity contribution in [3.8, 4) is 0 Å². The summed E-state index contributed by atoms with van der Waals surface area (Å²) < 4.78 is 0. The standard InChI is InChI=1S/C28H44O2/c1-3-4-5-6-7-8-9-10-11-21-19-28(2)25(16-17-26(28)30)24-14-12-20-18-22(29)13-15-23(20)27(21)24/h18,21,24-26,30H,3-17,19H2,1-2H3/t21-,24-,25-,26-,28-/m0/s1. The van der Waals surface area contributed by atoms with Gasteiger partial charge in [-0.15, -0.1) is 0 Å². The number of aliphatic hydroxyl groups excluding tert-OH is 1. The monoisotopic (exact) mass is 412 g/mol. The minimum Gasteiger partial charge on any atom is -0.393 e. The van der Waals surface area contributed by atoms with Crippen LogP contribution in [0.2, 0.25) is 0 Å². The zero-order valence-electron chi connectivity index (χ0n) is 19.6. The van der Waals surface area contributed by atoms with Crippen LogP contribution in [0.3, 0.4) is 0 Å². The van der Waals surface area contributed by atoms with Gasteiger partial charge in [-0.2, -0.15) is 0 Å². The van der Waals surface area contributed by atoms with Crippen molar-refractivity contribution in [2.24, 2.45) is 23.2 Å². The van der Waals surface area contributed by atoms with Crippen LogP contribution in [0, 0.1) is 23.2 Å². The SMILES string of the molecule is CCCCCCCCCC[C@H]1C[C@]2(C)[C@@H](O)CC[C@H]2[C@@H]2CCC3=CC(=O)CCC3=C12. The molecule has 2 saturated carbocycles. The molecule has 4 aliphatic rings. The van der Waals surface area contributed by atoms with Gasteiger partial charge < -0.3 is 5.11 Å². The average molecular weight is 413 g/mol. The lowest BCUT2D eigenvalue weighted by atomic mass is 9.53. The van der Waals surface area contributed by atoms with Crippen molar-refractivity contribution >= 4 is 5.78 Å². The molecule has 0 aromatic rings. The fourth-order valence-corrected chi connectivity index (χ4v) is 7.59. The quantitative estimate of drug-likeness (QED) is 0.403. The number of hydrogen-bond acceptors (Lipinski definition) is 2. The molecule has 0 aliphatic heterocycles. The smallest absolute Gasteiger partial charge is 0.156 e. The maximum absolute atomic E-state index is 12.0. The molecule has 0 aromatic carbocycles. The minimum absolute atomic E-state index is 0.111. The number of carbonyl (C=O) groups excluding carboxylic acids is 1. The third kappa shape index (κ3) is 4.36. The second-order valence-corrected chi connectivity index (χ2v) is 11.1. The van der Waals surface area contributed by atoms with Gasteiger partial charge in [-0.3, -0.25) is 4.79 Å². The maximum atomic E-state index is 12.0. The van der Waals surface area contributed by atoms with Crippen molar-refractivity contribution in [3.05, 3.63) is 22.8 Å². The number of aliphatic hydroxyl groups is 1. The van der Waals surface area contributed by atoms with Crippen molar-refractivity contribution in [1.82, 2.24) is 0 Å². The number of fused-ring (bicyclic) bond motifs is 4. The minimum atomic E-state index is -0.111. The first-order valence-electron chi connectivity index (χ1n) is 13.2. The molecule has 4 aliphatic carbocycles. The Labute approximate surface area is 184 Å². The van der Waals surface area contributed by atoms with Crippen LogP contribution >= 0.6 is 0 Å². The number of ketones is 1. The molecule has 0 amide bonds. The summed E-state index contributed by atoms with van der Waals surface area (Å²) in [5, 5.41) is 10.9. The molecule has 0 heterocycles. The highest BCUT2D eigenvalue weighted by Gasteiger charge is 2.55. The Hall–Kier alpha value is -0.890. The van der Waals surface area contributed by atoms with E-state index in [-0.39, 0.29) is 11.5 Å². The first-order valence-corrected chi connectivity index (χ1v) is 13.2. The van der Waals surface area contributed by atoms with Crippen LogP contribution in [-0.4, -0.2) is 17.0 Å². The van der Waals surface area contributed by atoms with E-state index in [9.17, 15) is 9.90 Å². The van der Waals surface area contributed by atoms with E-state index in [2.05, 4.69) is 13.8 Å². The maximum Gasteiger partial charge on any atom is 0.156 e. The predicted octanol–water partition coefficient (Wildman–Crippen LogP) is 7.31. The van der Waals surface area contributed by atoms with Crippen LogP contribution in [0.25, 0.3) is 0 Å². The molecular weight excluding hydrogens is 368 g/mol. The zero-order chi connectivity index (χ0) is 21.1. The van der Waals surface area contributed by atoms with Crippen molar-refractivity contribution < 1.29 is 9.90 Å². The second-order valence-electron chi connectivity index (χ2n) is 11.1. The van der Waals surface area contributed by atoms with E-state index in [0.29, 0.717) is 30.0 Å².